The molecule has 2 bridgehead atoms. The molecule has 7 atom stereocenters. The van der Waals surface area contributed by atoms with Crippen LogP contribution in [0, 0.1) is 29.6 Å². The number of anilines is 1. The number of hydrogen-bond acceptors (Lipinski definition) is 8. The number of rotatable bonds is 7. The molecule has 4 aromatic rings. The van der Waals surface area contributed by atoms with Crippen LogP contribution in [0.4, 0.5) is 5.69 Å². The smallest absolute Gasteiger partial charge is 0.338 e. The predicted molar refractivity (Wildman–Crippen MR) is 181 cm³/mol. The number of nitrogens with zero attached hydrogens (tertiary/aromatic N) is 1. The first-order chi connectivity index (χ1) is 22.7. The molecule has 1 saturated heterocycles. The molecule has 8 nitrogen and oxygen atoms in total. The van der Waals surface area contributed by atoms with Gasteiger partial charge in [0, 0.05) is 31.7 Å². The number of H-pyrrole nitrogens is 1. The van der Waals surface area contributed by atoms with Crippen molar-refractivity contribution in [3.05, 3.63) is 108 Å². The fourth-order valence-electron chi connectivity index (χ4n) is 8.22. The quantitative estimate of drug-likeness (QED) is 0.160. The Morgan fingerprint density at radius 2 is 1.64 bits per heavy atom. The van der Waals surface area contributed by atoms with Gasteiger partial charge in [-0.25, -0.2) is 4.79 Å². The van der Waals surface area contributed by atoms with Crippen molar-refractivity contribution in [3.8, 4) is 5.75 Å². The van der Waals surface area contributed by atoms with Crippen LogP contribution in [-0.4, -0.2) is 34.6 Å². The van der Waals surface area contributed by atoms with E-state index in [1.165, 1.54) is 16.2 Å². The second kappa shape index (κ2) is 11.8. The number of halogens is 2. The summed E-state index contributed by atoms with van der Waals surface area (Å²) in [5, 5.41) is 2.00. The zero-order valence-corrected chi connectivity index (χ0v) is 28.1. The lowest BCUT2D eigenvalue weighted by atomic mass is 9.68. The van der Waals surface area contributed by atoms with Gasteiger partial charge in [-0.2, -0.15) is 0 Å². The molecule has 12 heteroatoms. The summed E-state index contributed by atoms with van der Waals surface area (Å²) in [4.78, 5) is 58.3. The van der Waals surface area contributed by atoms with Crippen LogP contribution in [0.1, 0.15) is 45.6 Å². The van der Waals surface area contributed by atoms with Gasteiger partial charge in [0.15, 0.2) is 0 Å². The van der Waals surface area contributed by atoms with Crippen molar-refractivity contribution < 1.29 is 23.9 Å². The maximum absolute atomic E-state index is 14.2. The molecule has 8 rings (SSSR count). The van der Waals surface area contributed by atoms with E-state index in [1.54, 1.807) is 49.0 Å². The Morgan fingerprint density at radius 3 is 2.36 bits per heavy atom. The summed E-state index contributed by atoms with van der Waals surface area (Å²) >= 11 is 15.5. The summed E-state index contributed by atoms with van der Waals surface area (Å²) in [6.45, 7) is 2.30. The maximum Gasteiger partial charge on any atom is 0.338 e. The van der Waals surface area contributed by atoms with Crippen molar-refractivity contribution >= 4 is 69.8 Å². The lowest BCUT2D eigenvalue weighted by Crippen LogP contribution is -2.42. The molecular formula is C35H28Cl2N2O6S2. The van der Waals surface area contributed by atoms with E-state index in [1.807, 2.05) is 36.4 Å². The average Bonchev–Trinajstić information content (AvgIpc) is 3.80. The van der Waals surface area contributed by atoms with Gasteiger partial charge in [-0.15, -0.1) is 11.8 Å². The topological polar surface area (TPSA) is 106 Å². The summed E-state index contributed by atoms with van der Waals surface area (Å²) in [5.41, 5.74) is 2.62. The maximum atomic E-state index is 14.2. The first-order valence-electron chi connectivity index (χ1n) is 15.4. The highest BCUT2D eigenvalue weighted by Gasteiger charge is 2.69. The fraction of sp³-hybridized carbons (Fsp3) is 0.314. The van der Waals surface area contributed by atoms with Crippen LogP contribution in [-0.2, 0) is 20.9 Å². The number of carbonyl (C=O) groups excluding carboxylic acids is 3. The lowest BCUT2D eigenvalue weighted by Gasteiger charge is -2.43. The molecule has 6 unspecified atom stereocenters. The molecule has 2 aliphatic carbocycles. The van der Waals surface area contributed by atoms with Crippen LogP contribution in [0.25, 0.3) is 0 Å². The Morgan fingerprint density at radius 1 is 0.936 bits per heavy atom. The van der Waals surface area contributed by atoms with Crippen molar-refractivity contribution in [3.63, 3.8) is 0 Å². The molecule has 3 heterocycles. The largest absolute Gasteiger partial charge is 0.489 e. The zero-order chi connectivity index (χ0) is 32.6. The molecule has 0 spiro atoms. The molecule has 4 aliphatic rings. The van der Waals surface area contributed by atoms with Crippen LogP contribution in [0.2, 0.25) is 10.0 Å². The first-order valence-corrected chi connectivity index (χ1v) is 17.9. The third-order valence-corrected chi connectivity index (χ3v) is 13.1. The van der Waals surface area contributed by atoms with Crippen LogP contribution < -0.4 is 14.5 Å². The van der Waals surface area contributed by atoms with Crippen LogP contribution in [0.5, 0.6) is 5.75 Å². The molecule has 0 radical (unpaired) electrons. The average molecular weight is 708 g/mol. The van der Waals surface area contributed by atoms with E-state index in [9.17, 15) is 19.2 Å². The second-order valence-corrected chi connectivity index (χ2v) is 15.4. The molecule has 2 amide bonds. The standard InChI is InChI=1S/C35H28Cl2N2O6S2/c1-2-44-34(42)17-5-10-20(11-6-17)39-32(40)27-22-14-23(28(27)33(39)41)29-26(22)25(30-31(46-29)38-35(43)47-30)21-13-19(37)9-12-24(21)45-15-16-3-7-18(36)8-4-16/h3-13,22-23,25-29H,2,14-15H2,1H3,(H,38,43)/t22?,23?,25-,26?,27?,28?,29?/m1/s1. The van der Waals surface area contributed by atoms with Gasteiger partial charge in [0.1, 0.15) is 12.4 Å². The number of esters is 1. The highest BCUT2D eigenvalue weighted by Crippen LogP contribution is 2.69. The van der Waals surface area contributed by atoms with Crippen molar-refractivity contribution in [1.29, 1.82) is 0 Å². The highest BCUT2D eigenvalue weighted by molar-refractivity contribution is 8.00. The molecule has 3 fully saturated rings. The number of amides is 2. The predicted octanol–water partition coefficient (Wildman–Crippen LogP) is 7.18. The van der Waals surface area contributed by atoms with Crippen molar-refractivity contribution in [1.82, 2.24) is 4.98 Å². The van der Waals surface area contributed by atoms with Gasteiger partial charge in [-0.05, 0) is 91.3 Å². The number of aromatic nitrogens is 1. The monoisotopic (exact) mass is 706 g/mol. The number of thiazole rings is 1. The van der Waals surface area contributed by atoms with Crippen LogP contribution in [0.3, 0.4) is 0 Å². The van der Waals surface area contributed by atoms with Gasteiger partial charge in [0.2, 0.25) is 11.8 Å². The number of fused-ring (bicyclic) bond motifs is 9. The number of benzene rings is 3. The number of nitrogens with one attached hydrogen (secondary N) is 1. The number of ether oxygens (including phenoxy) is 2. The Balaban J connectivity index is 1.15. The SMILES string of the molecule is CCOC(=O)c1ccc(N2C(=O)C3C4CC(C3C2=O)C2C4Sc3[nH]c(=O)sc3[C@@H]2c2cc(Cl)ccc2OCc2ccc(Cl)cc2)cc1. The van der Waals surface area contributed by atoms with Gasteiger partial charge in [0.25, 0.3) is 0 Å². The van der Waals surface area contributed by atoms with E-state index < -0.39 is 17.8 Å². The third kappa shape index (κ3) is 5.03. The number of imide groups is 1. The molecule has 2 aliphatic heterocycles. The van der Waals surface area contributed by atoms with E-state index in [-0.39, 0.29) is 52.2 Å². The minimum atomic E-state index is -0.476. The minimum Gasteiger partial charge on any atom is -0.489 e. The van der Waals surface area contributed by atoms with Gasteiger partial charge in [0.05, 0.1) is 34.7 Å². The summed E-state index contributed by atoms with van der Waals surface area (Å²) in [5.74, 6) is -1.54. The highest BCUT2D eigenvalue weighted by atomic mass is 35.5. The van der Waals surface area contributed by atoms with Gasteiger partial charge < -0.3 is 14.5 Å². The molecule has 1 aromatic heterocycles. The normalized spacial score (nSPS) is 27.0. The molecule has 2 saturated carbocycles. The van der Waals surface area contributed by atoms with Crippen molar-refractivity contribution in [2.45, 2.75) is 36.1 Å². The van der Waals surface area contributed by atoms with E-state index in [4.69, 9.17) is 32.7 Å². The number of carbonyl (C=O) groups is 3. The fourth-order valence-corrected chi connectivity index (χ4v) is 11.4. The summed E-state index contributed by atoms with van der Waals surface area (Å²) in [6.07, 6.45) is 0.752. The number of hydrogen-bond donors (Lipinski definition) is 1. The van der Waals surface area contributed by atoms with Crippen LogP contribution in [0.15, 0.2) is 76.6 Å². The Kier molecular flexibility index (Phi) is 7.74. The summed E-state index contributed by atoms with van der Waals surface area (Å²) < 4.78 is 11.5. The number of aromatic amines is 1. The lowest BCUT2D eigenvalue weighted by molar-refractivity contribution is -0.123. The Bertz CT molecular complexity index is 1980. The van der Waals surface area contributed by atoms with Gasteiger partial charge in [-0.3, -0.25) is 19.3 Å². The van der Waals surface area contributed by atoms with Gasteiger partial charge in [-0.1, -0.05) is 46.7 Å². The van der Waals surface area contributed by atoms with Crippen molar-refractivity contribution in [2.75, 3.05) is 11.5 Å². The molecular weight excluding hydrogens is 679 g/mol. The van der Waals surface area contributed by atoms with Crippen LogP contribution >= 0.6 is 46.3 Å². The zero-order valence-electron chi connectivity index (χ0n) is 25.0. The molecule has 1 N–H and O–H groups in total. The van der Waals surface area contributed by atoms with E-state index in [2.05, 4.69) is 4.98 Å². The minimum absolute atomic E-state index is 0.00925. The van der Waals surface area contributed by atoms with E-state index in [0.717, 1.165) is 27.5 Å². The second-order valence-electron chi connectivity index (χ2n) is 12.3. The molecule has 47 heavy (non-hydrogen) atoms. The van der Waals surface area contributed by atoms with E-state index in [0.29, 0.717) is 33.7 Å². The van der Waals surface area contributed by atoms with E-state index >= 15 is 0 Å². The summed E-state index contributed by atoms with van der Waals surface area (Å²) in [7, 11) is 0. The summed E-state index contributed by atoms with van der Waals surface area (Å²) in [6, 6.07) is 19.5. The Hall–Kier alpha value is -3.57. The number of thioether (sulfide) groups is 1. The third-order valence-electron chi connectivity index (χ3n) is 9.98. The Labute approximate surface area is 288 Å². The van der Waals surface area contributed by atoms with Gasteiger partial charge >= 0.3 is 10.8 Å². The molecule has 3 aromatic carbocycles. The first kappa shape index (κ1) is 30.7. The molecule has 240 valence electrons. The van der Waals surface area contributed by atoms with Crippen molar-refractivity contribution in [2.24, 2.45) is 29.6 Å².